The van der Waals surface area contributed by atoms with Gasteiger partial charge in [0.15, 0.2) is 0 Å². The van der Waals surface area contributed by atoms with E-state index in [9.17, 15) is 4.79 Å². The average Bonchev–Trinajstić information content (AvgIpc) is 3.03. The molecule has 2 aromatic carbocycles. The molecule has 126 valence electrons. The number of amides is 1. The van der Waals surface area contributed by atoms with Gasteiger partial charge in [0.1, 0.15) is 5.75 Å². The van der Waals surface area contributed by atoms with Crippen LogP contribution in [0.5, 0.6) is 5.75 Å². The zero-order valence-corrected chi connectivity index (χ0v) is 14.1. The van der Waals surface area contributed by atoms with E-state index in [-0.39, 0.29) is 5.91 Å². The lowest BCUT2D eigenvalue weighted by atomic mass is 10.2. The molecule has 1 aromatic heterocycles. The summed E-state index contributed by atoms with van der Waals surface area (Å²) in [5, 5.41) is 4.04. The summed E-state index contributed by atoms with van der Waals surface area (Å²) >= 11 is 0. The fourth-order valence-corrected chi connectivity index (χ4v) is 2.51. The Labute approximate surface area is 146 Å². The molecule has 0 fully saturated rings. The van der Waals surface area contributed by atoms with Gasteiger partial charge in [-0.25, -0.2) is 5.43 Å². The molecule has 0 saturated carbocycles. The van der Waals surface area contributed by atoms with Crippen LogP contribution in [0.15, 0.2) is 72.0 Å². The van der Waals surface area contributed by atoms with Crippen LogP contribution in [0.3, 0.4) is 0 Å². The SMILES string of the molecule is COc1ccc(C(=O)N/N=C\c2cc(C)n(-c3ccccc3)c2)cc1. The minimum Gasteiger partial charge on any atom is -0.497 e. The summed E-state index contributed by atoms with van der Waals surface area (Å²) in [6.45, 7) is 2.03. The van der Waals surface area contributed by atoms with Crippen molar-refractivity contribution in [1.29, 1.82) is 0 Å². The summed E-state index contributed by atoms with van der Waals surface area (Å²) in [6.07, 6.45) is 3.61. The van der Waals surface area contributed by atoms with Gasteiger partial charge in [-0.3, -0.25) is 4.79 Å². The number of hydrazone groups is 1. The lowest BCUT2D eigenvalue weighted by Gasteiger charge is -2.04. The topological polar surface area (TPSA) is 55.6 Å². The number of hydrogen-bond acceptors (Lipinski definition) is 3. The summed E-state index contributed by atoms with van der Waals surface area (Å²) < 4.78 is 7.15. The van der Waals surface area contributed by atoms with Gasteiger partial charge in [0.25, 0.3) is 5.91 Å². The van der Waals surface area contributed by atoms with Crippen molar-refractivity contribution < 1.29 is 9.53 Å². The molecule has 1 N–H and O–H groups in total. The first kappa shape index (κ1) is 16.5. The average molecular weight is 333 g/mol. The van der Waals surface area contributed by atoms with E-state index < -0.39 is 0 Å². The van der Waals surface area contributed by atoms with Crippen molar-refractivity contribution in [2.75, 3.05) is 7.11 Å². The van der Waals surface area contributed by atoms with E-state index in [1.165, 1.54) is 0 Å². The van der Waals surface area contributed by atoms with Crippen molar-refractivity contribution in [3.8, 4) is 11.4 Å². The van der Waals surface area contributed by atoms with E-state index in [1.807, 2.05) is 49.5 Å². The van der Waals surface area contributed by atoms with E-state index in [0.717, 1.165) is 16.9 Å². The van der Waals surface area contributed by atoms with Gasteiger partial charge in [-0.2, -0.15) is 5.10 Å². The van der Waals surface area contributed by atoms with Crippen molar-refractivity contribution in [1.82, 2.24) is 9.99 Å². The molecule has 0 aliphatic rings. The molecule has 0 aliphatic heterocycles. The standard InChI is InChI=1S/C20H19N3O2/c1-15-12-16(14-23(15)18-6-4-3-5-7-18)13-21-22-20(24)17-8-10-19(25-2)11-9-17/h3-14H,1-2H3,(H,22,24)/b21-13-. The highest BCUT2D eigenvalue weighted by Gasteiger charge is 2.05. The van der Waals surface area contributed by atoms with Gasteiger partial charge in [0.05, 0.1) is 13.3 Å². The van der Waals surface area contributed by atoms with E-state index in [1.54, 1.807) is 37.6 Å². The molecule has 25 heavy (non-hydrogen) atoms. The van der Waals surface area contributed by atoms with Crippen LogP contribution < -0.4 is 10.2 Å². The second-order valence-corrected chi connectivity index (χ2v) is 5.55. The van der Waals surface area contributed by atoms with Gasteiger partial charge >= 0.3 is 0 Å². The van der Waals surface area contributed by atoms with Gasteiger partial charge in [-0.1, -0.05) is 18.2 Å². The zero-order valence-electron chi connectivity index (χ0n) is 14.1. The van der Waals surface area contributed by atoms with Crippen LogP contribution in [0.25, 0.3) is 5.69 Å². The number of rotatable bonds is 5. The summed E-state index contributed by atoms with van der Waals surface area (Å²) in [5.41, 5.74) is 6.15. The fraction of sp³-hybridized carbons (Fsp3) is 0.100. The Hall–Kier alpha value is -3.34. The van der Waals surface area contributed by atoms with Crippen LogP contribution in [0, 0.1) is 6.92 Å². The van der Waals surface area contributed by atoms with E-state index in [0.29, 0.717) is 11.3 Å². The maximum atomic E-state index is 12.1. The van der Waals surface area contributed by atoms with Crippen molar-refractivity contribution >= 4 is 12.1 Å². The second-order valence-electron chi connectivity index (χ2n) is 5.55. The molecule has 0 bridgehead atoms. The second kappa shape index (κ2) is 7.49. The number of ether oxygens (including phenoxy) is 1. The van der Waals surface area contributed by atoms with Crippen molar-refractivity contribution in [3.63, 3.8) is 0 Å². The van der Waals surface area contributed by atoms with Gasteiger partial charge < -0.3 is 9.30 Å². The molecule has 3 aromatic rings. The van der Waals surface area contributed by atoms with Gasteiger partial charge in [-0.05, 0) is 49.4 Å². The maximum Gasteiger partial charge on any atom is 0.271 e. The predicted molar refractivity (Wildman–Crippen MR) is 98.6 cm³/mol. The van der Waals surface area contributed by atoms with Crippen molar-refractivity contribution in [3.05, 3.63) is 83.7 Å². The molecule has 0 radical (unpaired) electrons. The molecule has 0 aliphatic carbocycles. The summed E-state index contributed by atoms with van der Waals surface area (Å²) in [4.78, 5) is 12.1. The van der Waals surface area contributed by atoms with Crippen LogP contribution >= 0.6 is 0 Å². The van der Waals surface area contributed by atoms with Crippen LogP contribution in [-0.4, -0.2) is 23.8 Å². The third-order valence-corrected chi connectivity index (χ3v) is 3.80. The largest absolute Gasteiger partial charge is 0.497 e. The first-order valence-corrected chi connectivity index (χ1v) is 7.89. The fourth-order valence-electron chi connectivity index (χ4n) is 2.51. The third-order valence-electron chi connectivity index (χ3n) is 3.80. The maximum absolute atomic E-state index is 12.1. The molecule has 3 rings (SSSR count). The lowest BCUT2D eigenvalue weighted by Crippen LogP contribution is -2.17. The van der Waals surface area contributed by atoms with Crippen LogP contribution in [0.2, 0.25) is 0 Å². The minimum atomic E-state index is -0.266. The highest BCUT2D eigenvalue weighted by atomic mass is 16.5. The van der Waals surface area contributed by atoms with E-state index >= 15 is 0 Å². The molecular formula is C20H19N3O2. The molecule has 1 amide bonds. The quantitative estimate of drug-likeness (QED) is 0.573. The van der Waals surface area contributed by atoms with Gasteiger partial charge in [0, 0.05) is 28.7 Å². The Morgan fingerprint density at radius 3 is 2.52 bits per heavy atom. The Balaban J connectivity index is 1.67. The third kappa shape index (κ3) is 3.95. The highest BCUT2D eigenvalue weighted by molar-refractivity contribution is 5.95. The number of aryl methyl sites for hydroxylation is 1. The number of hydrogen-bond donors (Lipinski definition) is 1. The first-order valence-electron chi connectivity index (χ1n) is 7.89. The molecule has 0 atom stereocenters. The van der Waals surface area contributed by atoms with Crippen LogP contribution in [0.4, 0.5) is 0 Å². The molecule has 5 heteroatoms. The monoisotopic (exact) mass is 333 g/mol. The zero-order chi connectivity index (χ0) is 17.6. The lowest BCUT2D eigenvalue weighted by molar-refractivity contribution is 0.0955. The van der Waals surface area contributed by atoms with E-state index in [2.05, 4.69) is 15.1 Å². The van der Waals surface area contributed by atoms with Crippen molar-refractivity contribution in [2.24, 2.45) is 5.10 Å². The molecular weight excluding hydrogens is 314 g/mol. The summed E-state index contributed by atoms with van der Waals surface area (Å²) in [6, 6.07) is 18.9. The Kier molecular flexibility index (Phi) is 4.95. The minimum absolute atomic E-state index is 0.266. The number of nitrogens with one attached hydrogen (secondary N) is 1. The molecule has 5 nitrogen and oxygen atoms in total. The van der Waals surface area contributed by atoms with Crippen LogP contribution in [-0.2, 0) is 0 Å². The molecule has 0 unspecified atom stereocenters. The molecule has 0 spiro atoms. The first-order chi connectivity index (χ1) is 12.2. The number of methoxy groups -OCH3 is 1. The Morgan fingerprint density at radius 1 is 1.12 bits per heavy atom. The molecule has 1 heterocycles. The number of benzene rings is 2. The highest BCUT2D eigenvalue weighted by Crippen LogP contribution is 2.14. The van der Waals surface area contributed by atoms with Crippen molar-refractivity contribution in [2.45, 2.75) is 6.92 Å². The predicted octanol–water partition coefficient (Wildman–Crippen LogP) is 3.56. The number of nitrogens with zero attached hydrogens (tertiary/aromatic N) is 2. The summed E-state index contributed by atoms with van der Waals surface area (Å²) in [7, 11) is 1.59. The van der Waals surface area contributed by atoms with Gasteiger partial charge in [0.2, 0.25) is 0 Å². The van der Waals surface area contributed by atoms with Gasteiger partial charge in [-0.15, -0.1) is 0 Å². The Morgan fingerprint density at radius 2 is 1.84 bits per heavy atom. The smallest absolute Gasteiger partial charge is 0.271 e. The van der Waals surface area contributed by atoms with Crippen LogP contribution in [0.1, 0.15) is 21.6 Å². The Bertz CT molecular complexity index is 881. The number of aromatic nitrogens is 1. The number of carbonyl (C=O) groups is 1. The van der Waals surface area contributed by atoms with E-state index in [4.69, 9.17) is 4.74 Å². The summed E-state index contributed by atoms with van der Waals surface area (Å²) in [5.74, 6) is 0.441. The molecule has 0 saturated heterocycles. The number of carbonyl (C=O) groups excluding carboxylic acids is 1. The normalized spacial score (nSPS) is 10.8. The number of para-hydroxylation sites is 1.